The lowest BCUT2D eigenvalue weighted by Crippen LogP contribution is -2.14. The van der Waals surface area contributed by atoms with Crippen LogP contribution in [0.4, 0.5) is 18.9 Å². The van der Waals surface area contributed by atoms with E-state index < -0.39 is 11.7 Å². The van der Waals surface area contributed by atoms with Crippen LogP contribution in [-0.2, 0) is 10.9 Å². The molecule has 0 unspecified atom stereocenters. The average Bonchev–Trinajstić information content (AvgIpc) is 2.23. The molecule has 1 aromatic carbocycles. The van der Waals surface area contributed by atoms with Crippen LogP contribution < -0.4 is 5.32 Å². The zero-order chi connectivity index (χ0) is 12.9. The van der Waals surface area contributed by atoms with Crippen molar-refractivity contribution in [2.75, 3.05) is 25.1 Å². The number of nitrogens with one attached hydrogen (secondary N) is 1. The molecule has 17 heavy (non-hydrogen) atoms. The average molecular weight is 312 g/mol. The van der Waals surface area contributed by atoms with Crippen molar-refractivity contribution in [1.29, 1.82) is 0 Å². The molecular formula is C11H13BrF3NO. The molecule has 6 heteroatoms. The van der Waals surface area contributed by atoms with Crippen LogP contribution in [0.25, 0.3) is 0 Å². The van der Waals surface area contributed by atoms with Gasteiger partial charge in [0.05, 0.1) is 12.2 Å². The topological polar surface area (TPSA) is 21.3 Å². The van der Waals surface area contributed by atoms with Crippen LogP contribution in [0.15, 0.2) is 22.7 Å². The molecule has 0 heterocycles. The molecule has 2 nitrogen and oxygen atoms in total. The number of ether oxygens (including phenoxy) is 1. The molecule has 0 fully saturated rings. The third-order valence-corrected chi connectivity index (χ3v) is 2.55. The van der Waals surface area contributed by atoms with Gasteiger partial charge >= 0.3 is 6.18 Å². The van der Waals surface area contributed by atoms with E-state index in [0.29, 0.717) is 24.2 Å². The summed E-state index contributed by atoms with van der Waals surface area (Å²) in [7, 11) is 0. The van der Waals surface area contributed by atoms with Crippen molar-refractivity contribution in [2.24, 2.45) is 0 Å². The van der Waals surface area contributed by atoms with Crippen molar-refractivity contribution < 1.29 is 17.9 Å². The van der Waals surface area contributed by atoms with E-state index in [-0.39, 0.29) is 5.69 Å². The maximum Gasteiger partial charge on any atom is 0.418 e. The zero-order valence-corrected chi connectivity index (χ0v) is 10.9. The number of hydrogen-bond acceptors (Lipinski definition) is 2. The summed E-state index contributed by atoms with van der Waals surface area (Å²) in [6, 6.07) is 3.83. The van der Waals surface area contributed by atoms with E-state index in [1.54, 1.807) is 0 Å². The Balaban J connectivity index is 2.77. The molecule has 0 bridgehead atoms. The van der Waals surface area contributed by atoms with Crippen LogP contribution in [-0.4, -0.2) is 19.8 Å². The van der Waals surface area contributed by atoms with Crippen molar-refractivity contribution >= 4 is 21.6 Å². The van der Waals surface area contributed by atoms with E-state index >= 15 is 0 Å². The highest BCUT2D eigenvalue weighted by atomic mass is 79.9. The maximum atomic E-state index is 12.7. The second kappa shape index (κ2) is 6.26. The Labute approximate surface area is 106 Å². The fourth-order valence-electron chi connectivity index (χ4n) is 1.31. The molecule has 0 aromatic heterocycles. The minimum Gasteiger partial charge on any atom is -0.382 e. The first kappa shape index (κ1) is 14.3. The third kappa shape index (κ3) is 4.55. The van der Waals surface area contributed by atoms with E-state index in [2.05, 4.69) is 21.2 Å². The van der Waals surface area contributed by atoms with Crippen LogP contribution in [0.2, 0.25) is 0 Å². The van der Waals surface area contributed by atoms with Crippen molar-refractivity contribution in [3.05, 3.63) is 28.2 Å². The lowest BCUT2D eigenvalue weighted by Gasteiger charge is -2.14. The molecule has 1 rings (SSSR count). The van der Waals surface area contributed by atoms with Crippen LogP contribution in [0.5, 0.6) is 0 Å². The van der Waals surface area contributed by atoms with Gasteiger partial charge in [0.15, 0.2) is 0 Å². The van der Waals surface area contributed by atoms with Crippen molar-refractivity contribution in [2.45, 2.75) is 13.1 Å². The number of anilines is 1. The predicted molar refractivity (Wildman–Crippen MR) is 64.1 cm³/mol. The molecule has 1 N–H and O–H groups in total. The van der Waals surface area contributed by atoms with Crippen LogP contribution >= 0.6 is 15.9 Å². The molecule has 1 aromatic rings. The van der Waals surface area contributed by atoms with Gasteiger partial charge in [-0.15, -0.1) is 0 Å². The number of rotatable bonds is 5. The van der Waals surface area contributed by atoms with Gasteiger partial charge in [-0.1, -0.05) is 15.9 Å². The highest BCUT2D eigenvalue weighted by Crippen LogP contribution is 2.36. The van der Waals surface area contributed by atoms with E-state index in [1.165, 1.54) is 12.1 Å². The third-order valence-electron chi connectivity index (χ3n) is 2.05. The monoisotopic (exact) mass is 311 g/mol. The fraction of sp³-hybridized carbons (Fsp3) is 0.455. The normalized spacial score (nSPS) is 11.6. The van der Waals surface area contributed by atoms with E-state index in [1.807, 2.05) is 6.92 Å². The van der Waals surface area contributed by atoms with Gasteiger partial charge in [-0.2, -0.15) is 13.2 Å². The highest BCUT2D eigenvalue weighted by Gasteiger charge is 2.33. The number of alkyl halides is 3. The van der Waals surface area contributed by atoms with Crippen LogP contribution in [0, 0.1) is 0 Å². The van der Waals surface area contributed by atoms with Gasteiger partial charge in [0.2, 0.25) is 0 Å². The van der Waals surface area contributed by atoms with Crippen LogP contribution in [0.3, 0.4) is 0 Å². The SMILES string of the molecule is CCOCCNc1cc(Br)ccc1C(F)(F)F. The Hall–Kier alpha value is -0.750. The molecule has 0 aliphatic heterocycles. The largest absolute Gasteiger partial charge is 0.418 e. The van der Waals surface area contributed by atoms with Gasteiger partial charge < -0.3 is 10.1 Å². The van der Waals surface area contributed by atoms with E-state index in [4.69, 9.17) is 4.74 Å². The molecule has 0 saturated heterocycles. The summed E-state index contributed by atoms with van der Waals surface area (Å²) in [4.78, 5) is 0. The molecule has 0 atom stereocenters. The fourth-order valence-corrected chi connectivity index (χ4v) is 1.67. The summed E-state index contributed by atoms with van der Waals surface area (Å²) in [6.07, 6.45) is -4.35. The molecule has 96 valence electrons. The minimum atomic E-state index is -4.35. The molecular weight excluding hydrogens is 299 g/mol. The molecule has 0 saturated carbocycles. The molecule has 0 aliphatic rings. The van der Waals surface area contributed by atoms with Gasteiger partial charge in [0.25, 0.3) is 0 Å². The first-order chi connectivity index (χ1) is 7.95. The summed E-state index contributed by atoms with van der Waals surface area (Å²) in [5.41, 5.74) is -0.608. The van der Waals surface area contributed by atoms with Crippen molar-refractivity contribution in [3.8, 4) is 0 Å². The quantitative estimate of drug-likeness (QED) is 0.832. The second-order valence-corrected chi connectivity index (χ2v) is 4.23. The molecule has 0 radical (unpaired) electrons. The van der Waals surface area contributed by atoms with Gasteiger partial charge in [0.1, 0.15) is 0 Å². The van der Waals surface area contributed by atoms with Crippen molar-refractivity contribution in [1.82, 2.24) is 0 Å². The standard InChI is InChI=1S/C11H13BrF3NO/c1-2-17-6-5-16-10-7-8(12)3-4-9(10)11(13,14)15/h3-4,7,16H,2,5-6H2,1H3. The first-order valence-electron chi connectivity index (χ1n) is 5.13. The maximum absolute atomic E-state index is 12.7. The first-order valence-corrected chi connectivity index (χ1v) is 5.92. The minimum absolute atomic E-state index is 0.0616. The zero-order valence-electron chi connectivity index (χ0n) is 9.27. The van der Waals surface area contributed by atoms with Gasteiger partial charge in [0, 0.05) is 23.3 Å². The Morgan fingerprint density at radius 2 is 2.06 bits per heavy atom. The smallest absolute Gasteiger partial charge is 0.382 e. The Kier molecular flexibility index (Phi) is 5.27. The van der Waals surface area contributed by atoms with E-state index in [0.717, 1.165) is 6.07 Å². The van der Waals surface area contributed by atoms with Gasteiger partial charge in [-0.25, -0.2) is 0 Å². The molecule has 0 spiro atoms. The Morgan fingerprint density at radius 3 is 2.65 bits per heavy atom. The second-order valence-electron chi connectivity index (χ2n) is 3.31. The van der Waals surface area contributed by atoms with Crippen LogP contribution in [0.1, 0.15) is 12.5 Å². The predicted octanol–water partition coefficient (Wildman–Crippen LogP) is 3.92. The summed E-state index contributed by atoms with van der Waals surface area (Å²) >= 11 is 3.15. The summed E-state index contributed by atoms with van der Waals surface area (Å²) in [5.74, 6) is 0. The lowest BCUT2D eigenvalue weighted by molar-refractivity contribution is -0.137. The Morgan fingerprint density at radius 1 is 1.35 bits per heavy atom. The summed E-state index contributed by atoms with van der Waals surface area (Å²) in [5, 5.41) is 2.72. The summed E-state index contributed by atoms with van der Waals surface area (Å²) < 4.78 is 43.7. The highest BCUT2D eigenvalue weighted by molar-refractivity contribution is 9.10. The van der Waals surface area contributed by atoms with Gasteiger partial charge in [-0.3, -0.25) is 0 Å². The number of hydrogen-bond donors (Lipinski definition) is 1. The van der Waals surface area contributed by atoms with Crippen molar-refractivity contribution in [3.63, 3.8) is 0 Å². The number of halogens is 4. The molecule has 0 aliphatic carbocycles. The summed E-state index contributed by atoms with van der Waals surface area (Å²) in [6.45, 7) is 3.10. The Bertz CT molecular complexity index is 368. The number of benzene rings is 1. The van der Waals surface area contributed by atoms with Gasteiger partial charge in [-0.05, 0) is 25.1 Å². The van der Waals surface area contributed by atoms with E-state index in [9.17, 15) is 13.2 Å². The molecule has 0 amide bonds. The lowest BCUT2D eigenvalue weighted by atomic mass is 10.1.